The highest BCUT2D eigenvalue weighted by atomic mass is 16.2. The number of carbonyl (C=O) groups excluding carboxylic acids is 2. The summed E-state index contributed by atoms with van der Waals surface area (Å²) < 4.78 is 1.51. The number of amides is 2. The van der Waals surface area contributed by atoms with E-state index in [0.717, 1.165) is 12.8 Å². The highest BCUT2D eigenvalue weighted by Gasteiger charge is 2.25. The van der Waals surface area contributed by atoms with Crippen molar-refractivity contribution in [2.24, 2.45) is 7.05 Å². The fraction of sp³-hybridized carbons (Fsp3) is 0.692. The van der Waals surface area contributed by atoms with Crippen molar-refractivity contribution >= 4 is 11.8 Å². The Labute approximate surface area is 118 Å². The Hall–Kier alpha value is -1.92. The molecule has 2 rings (SSSR count). The molecule has 1 aliphatic heterocycles. The van der Waals surface area contributed by atoms with Crippen LogP contribution in [0.3, 0.4) is 0 Å². The number of unbranched alkanes of at least 4 members (excludes halogenated alkanes) is 1. The van der Waals surface area contributed by atoms with Gasteiger partial charge >= 0.3 is 0 Å². The molecule has 2 heterocycles. The van der Waals surface area contributed by atoms with E-state index in [1.165, 1.54) is 4.68 Å². The largest absolute Gasteiger partial charge is 0.339 e. The van der Waals surface area contributed by atoms with Crippen molar-refractivity contribution in [1.29, 1.82) is 0 Å². The first-order chi connectivity index (χ1) is 9.61. The second-order valence-electron chi connectivity index (χ2n) is 5.05. The number of hydrogen-bond acceptors (Lipinski definition) is 4. The lowest BCUT2D eigenvalue weighted by molar-refractivity contribution is -0.132. The number of carbonyl (C=O) groups is 2. The molecule has 110 valence electrons. The van der Waals surface area contributed by atoms with Crippen LogP contribution in [0.25, 0.3) is 0 Å². The van der Waals surface area contributed by atoms with Gasteiger partial charge < -0.3 is 9.80 Å². The summed E-state index contributed by atoms with van der Waals surface area (Å²) in [6.45, 7) is 4.41. The standard InChI is InChI=1S/C13H21N5O2/c1-3-4-5-12(19)17-6-8-18(9-7-17)13(20)11-10-16(2)15-14-11/h10H,3-9H2,1-2H3. The first kappa shape index (κ1) is 14.5. The van der Waals surface area contributed by atoms with Crippen molar-refractivity contribution in [3.8, 4) is 0 Å². The van der Waals surface area contributed by atoms with Gasteiger partial charge in [-0.1, -0.05) is 18.6 Å². The first-order valence-electron chi connectivity index (χ1n) is 7.05. The summed E-state index contributed by atoms with van der Waals surface area (Å²) in [5.41, 5.74) is 0.359. The molecule has 0 saturated carbocycles. The van der Waals surface area contributed by atoms with Crippen LogP contribution in [0.15, 0.2) is 6.20 Å². The summed E-state index contributed by atoms with van der Waals surface area (Å²) in [5.74, 6) is 0.0807. The average Bonchev–Trinajstić information content (AvgIpc) is 2.90. The van der Waals surface area contributed by atoms with Gasteiger partial charge in [0, 0.05) is 39.6 Å². The summed E-state index contributed by atoms with van der Waals surface area (Å²) in [4.78, 5) is 27.6. The number of aryl methyl sites for hydroxylation is 1. The normalized spacial score (nSPS) is 15.5. The molecule has 0 bridgehead atoms. The summed E-state index contributed by atoms with van der Waals surface area (Å²) in [5, 5.41) is 7.59. The Morgan fingerprint density at radius 1 is 1.20 bits per heavy atom. The van der Waals surface area contributed by atoms with Crippen LogP contribution in [0.5, 0.6) is 0 Å². The van der Waals surface area contributed by atoms with E-state index in [1.54, 1.807) is 18.1 Å². The SMILES string of the molecule is CCCCC(=O)N1CCN(C(=O)c2cn(C)nn2)CC1. The van der Waals surface area contributed by atoms with E-state index in [1.807, 2.05) is 4.90 Å². The lowest BCUT2D eigenvalue weighted by atomic mass is 10.2. The van der Waals surface area contributed by atoms with Crippen LogP contribution >= 0.6 is 0 Å². The summed E-state index contributed by atoms with van der Waals surface area (Å²) in [6, 6.07) is 0. The minimum absolute atomic E-state index is 0.112. The molecule has 1 aliphatic rings. The van der Waals surface area contributed by atoms with Gasteiger partial charge in [0.05, 0.1) is 6.20 Å². The van der Waals surface area contributed by atoms with Crippen LogP contribution < -0.4 is 0 Å². The van der Waals surface area contributed by atoms with Crippen LogP contribution in [0.4, 0.5) is 0 Å². The quantitative estimate of drug-likeness (QED) is 0.794. The smallest absolute Gasteiger partial charge is 0.276 e. The summed E-state index contributed by atoms with van der Waals surface area (Å²) >= 11 is 0. The van der Waals surface area contributed by atoms with Gasteiger partial charge in [0.25, 0.3) is 5.91 Å². The fourth-order valence-electron chi connectivity index (χ4n) is 2.25. The zero-order valence-corrected chi connectivity index (χ0v) is 12.1. The van der Waals surface area contributed by atoms with Gasteiger partial charge in [-0.15, -0.1) is 5.10 Å². The van der Waals surface area contributed by atoms with E-state index in [2.05, 4.69) is 17.2 Å². The third kappa shape index (κ3) is 3.34. The number of aromatic nitrogens is 3. The van der Waals surface area contributed by atoms with Crippen molar-refractivity contribution in [1.82, 2.24) is 24.8 Å². The van der Waals surface area contributed by atoms with E-state index < -0.39 is 0 Å². The molecule has 1 saturated heterocycles. The van der Waals surface area contributed by atoms with E-state index in [0.29, 0.717) is 38.3 Å². The van der Waals surface area contributed by atoms with Gasteiger partial charge in [0.1, 0.15) is 0 Å². The molecule has 0 unspecified atom stereocenters. The number of nitrogens with zero attached hydrogens (tertiary/aromatic N) is 5. The lowest BCUT2D eigenvalue weighted by Gasteiger charge is -2.34. The van der Waals surface area contributed by atoms with Gasteiger partial charge in [-0.05, 0) is 6.42 Å². The van der Waals surface area contributed by atoms with E-state index in [4.69, 9.17) is 0 Å². The Balaban J connectivity index is 1.85. The molecule has 0 radical (unpaired) electrons. The minimum Gasteiger partial charge on any atom is -0.339 e. The molecule has 7 nitrogen and oxygen atoms in total. The highest BCUT2D eigenvalue weighted by molar-refractivity contribution is 5.92. The molecule has 7 heteroatoms. The Bertz CT molecular complexity index is 477. The van der Waals surface area contributed by atoms with Crippen LogP contribution in [0, 0.1) is 0 Å². The fourth-order valence-corrected chi connectivity index (χ4v) is 2.25. The number of rotatable bonds is 4. The van der Waals surface area contributed by atoms with Crippen molar-refractivity contribution < 1.29 is 9.59 Å². The predicted molar refractivity (Wildman–Crippen MR) is 73.0 cm³/mol. The number of hydrogen-bond donors (Lipinski definition) is 0. The molecule has 0 aromatic carbocycles. The van der Waals surface area contributed by atoms with Crippen molar-refractivity contribution in [3.63, 3.8) is 0 Å². The molecule has 1 aromatic heterocycles. The molecule has 0 spiro atoms. The molecular formula is C13H21N5O2. The van der Waals surface area contributed by atoms with Crippen LogP contribution in [-0.4, -0.2) is 62.8 Å². The van der Waals surface area contributed by atoms with Crippen molar-refractivity contribution in [3.05, 3.63) is 11.9 Å². The molecule has 1 aromatic rings. The Kier molecular flexibility index (Phi) is 4.70. The minimum atomic E-state index is -0.112. The van der Waals surface area contributed by atoms with Gasteiger partial charge in [0.2, 0.25) is 5.91 Å². The molecule has 20 heavy (non-hydrogen) atoms. The molecule has 0 N–H and O–H groups in total. The monoisotopic (exact) mass is 279 g/mol. The second kappa shape index (κ2) is 6.49. The van der Waals surface area contributed by atoms with E-state index in [-0.39, 0.29) is 11.8 Å². The zero-order valence-electron chi connectivity index (χ0n) is 12.1. The maximum Gasteiger partial charge on any atom is 0.276 e. The van der Waals surface area contributed by atoms with Gasteiger partial charge in [-0.2, -0.15) is 0 Å². The van der Waals surface area contributed by atoms with Crippen molar-refractivity contribution in [2.75, 3.05) is 26.2 Å². The molecule has 2 amide bonds. The molecule has 0 atom stereocenters. The first-order valence-corrected chi connectivity index (χ1v) is 7.05. The molecule has 0 aliphatic carbocycles. The molecular weight excluding hydrogens is 258 g/mol. The third-order valence-corrected chi connectivity index (χ3v) is 3.49. The topological polar surface area (TPSA) is 71.3 Å². The maximum atomic E-state index is 12.2. The zero-order chi connectivity index (χ0) is 14.5. The van der Waals surface area contributed by atoms with Crippen LogP contribution in [-0.2, 0) is 11.8 Å². The summed E-state index contributed by atoms with van der Waals surface area (Å²) in [6.07, 6.45) is 4.17. The average molecular weight is 279 g/mol. The summed E-state index contributed by atoms with van der Waals surface area (Å²) in [7, 11) is 1.73. The Morgan fingerprint density at radius 3 is 2.40 bits per heavy atom. The van der Waals surface area contributed by atoms with Crippen LogP contribution in [0.2, 0.25) is 0 Å². The lowest BCUT2D eigenvalue weighted by Crippen LogP contribution is -2.50. The van der Waals surface area contributed by atoms with Crippen molar-refractivity contribution in [2.45, 2.75) is 26.2 Å². The maximum absolute atomic E-state index is 12.2. The van der Waals surface area contributed by atoms with Crippen LogP contribution in [0.1, 0.15) is 36.7 Å². The van der Waals surface area contributed by atoms with Gasteiger partial charge in [0.15, 0.2) is 5.69 Å². The van der Waals surface area contributed by atoms with E-state index in [9.17, 15) is 9.59 Å². The van der Waals surface area contributed by atoms with Gasteiger partial charge in [-0.25, -0.2) is 0 Å². The highest BCUT2D eigenvalue weighted by Crippen LogP contribution is 2.09. The van der Waals surface area contributed by atoms with E-state index >= 15 is 0 Å². The molecule has 1 fully saturated rings. The predicted octanol–water partition coefficient (Wildman–Crippen LogP) is 0.290. The second-order valence-corrected chi connectivity index (χ2v) is 5.05. The third-order valence-electron chi connectivity index (χ3n) is 3.49. The number of piperazine rings is 1. The van der Waals surface area contributed by atoms with Gasteiger partial charge in [-0.3, -0.25) is 14.3 Å². The Morgan fingerprint density at radius 2 is 1.85 bits per heavy atom.